The van der Waals surface area contributed by atoms with E-state index in [1.54, 1.807) is 31.1 Å². The molecular weight excluding hydrogens is 416 g/mol. The van der Waals surface area contributed by atoms with Crippen molar-refractivity contribution in [3.63, 3.8) is 0 Å². The van der Waals surface area contributed by atoms with Crippen molar-refractivity contribution < 1.29 is 33.6 Å². The molecule has 0 saturated carbocycles. The van der Waals surface area contributed by atoms with Crippen molar-refractivity contribution in [2.45, 2.75) is 39.2 Å². The number of amides is 2. The Bertz CT molecular complexity index is 640. The van der Waals surface area contributed by atoms with Crippen LogP contribution in [-0.4, -0.2) is 87.9 Å². The fraction of sp³-hybridized carbons (Fsp3) is 0.652. The summed E-state index contributed by atoms with van der Waals surface area (Å²) in [7, 11) is 1.59. The predicted molar refractivity (Wildman–Crippen MR) is 121 cm³/mol. The van der Waals surface area contributed by atoms with Crippen molar-refractivity contribution >= 4 is 12.0 Å². The Morgan fingerprint density at radius 1 is 1.06 bits per heavy atom. The Kier molecular flexibility index (Phi) is 14.9. The molecule has 0 aliphatic carbocycles. The molecule has 1 aromatic rings. The van der Waals surface area contributed by atoms with Gasteiger partial charge in [0.25, 0.3) is 0 Å². The first kappa shape index (κ1) is 27.7. The number of unbranched alkanes of at least 4 members (excludes halogenated alkanes) is 1. The zero-order chi connectivity index (χ0) is 23.6. The molecule has 0 spiro atoms. The molecule has 0 aromatic heterocycles. The van der Waals surface area contributed by atoms with E-state index in [4.69, 9.17) is 18.9 Å². The van der Waals surface area contributed by atoms with E-state index in [2.05, 4.69) is 12.2 Å². The first-order valence-electron chi connectivity index (χ1n) is 11.2. The van der Waals surface area contributed by atoms with Gasteiger partial charge in [-0.2, -0.15) is 0 Å². The van der Waals surface area contributed by atoms with Crippen LogP contribution < -0.4 is 10.1 Å². The summed E-state index contributed by atoms with van der Waals surface area (Å²) in [4.78, 5) is 25.3. The maximum atomic E-state index is 12.4. The van der Waals surface area contributed by atoms with Crippen LogP contribution in [0.2, 0.25) is 0 Å². The van der Waals surface area contributed by atoms with Gasteiger partial charge in [0.2, 0.25) is 0 Å². The second-order valence-corrected chi connectivity index (χ2v) is 7.16. The minimum absolute atomic E-state index is 0.185. The van der Waals surface area contributed by atoms with Crippen molar-refractivity contribution in [2.75, 3.05) is 59.8 Å². The highest BCUT2D eigenvalue weighted by molar-refractivity contribution is 5.74. The predicted octanol–water partition coefficient (Wildman–Crippen LogP) is 2.57. The topological polar surface area (TPSA) is 107 Å². The van der Waals surface area contributed by atoms with Crippen molar-refractivity contribution in [1.29, 1.82) is 0 Å². The molecule has 0 aliphatic rings. The first-order chi connectivity index (χ1) is 15.5. The summed E-state index contributed by atoms with van der Waals surface area (Å²) in [5.41, 5.74) is 0.849. The zero-order valence-corrected chi connectivity index (χ0v) is 19.5. The van der Waals surface area contributed by atoms with Crippen LogP contribution in [0.15, 0.2) is 24.3 Å². The third-order valence-corrected chi connectivity index (χ3v) is 4.64. The van der Waals surface area contributed by atoms with E-state index >= 15 is 0 Å². The van der Waals surface area contributed by atoms with E-state index in [9.17, 15) is 14.7 Å². The standard InChI is InChI=1S/C23H38N2O7/c1-4-6-14-30-16-12-25(23(28)24-11-15-29-3)13-17-32-20-9-7-19(8-10-20)18-21(22(26)27)31-5-2/h7-10,21H,4-6,11-18H2,1-3H3,(H,24,28)(H,26,27). The Labute approximate surface area is 191 Å². The van der Waals surface area contributed by atoms with Gasteiger partial charge in [0.05, 0.1) is 19.8 Å². The van der Waals surface area contributed by atoms with Gasteiger partial charge in [-0.1, -0.05) is 25.5 Å². The van der Waals surface area contributed by atoms with Gasteiger partial charge in [-0.3, -0.25) is 0 Å². The lowest BCUT2D eigenvalue weighted by Gasteiger charge is -2.23. The molecule has 1 unspecified atom stereocenters. The smallest absolute Gasteiger partial charge is 0.333 e. The number of rotatable bonds is 18. The van der Waals surface area contributed by atoms with Gasteiger partial charge in [-0.05, 0) is 31.0 Å². The number of hydrogen-bond acceptors (Lipinski definition) is 6. The number of carbonyl (C=O) groups is 2. The number of aliphatic carboxylic acids is 1. The fourth-order valence-corrected chi connectivity index (χ4v) is 2.84. The summed E-state index contributed by atoms with van der Waals surface area (Å²) in [5.74, 6) is -0.328. The van der Waals surface area contributed by atoms with Crippen LogP contribution >= 0.6 is 0 Å². The quantitative estimate of drug-likeness (QED) is 0.328. The zero-order valence-electron chi connectivity index (χ0n) is 19.5. The van der Waals surface area contributed by atoms with Crippen molar-refractivity contribution in [3.8, 4) is 5.75 Å². The highest BCUT2D eigenvalue weighted by Crippen LogP contribution is 2.14. The summed E-state index contributed by atoms with van der Waals surface area (Å²) < 4.78 is 21.6. The maximum absolute atomic E-state index is 12.4. The van der Waals surface area contributed by atoms with Crippen LogP contribution in [0.4, 0.5) is 4.79 Å². The van der Waals surface area contributed by atoms with Gasteiger partial charge in [0.15, 0.2) is 6.10 Å². The van der Waals surface area contributed by atoms with E-state index < -0.39 is 12.1 Å². The summed E-state index contributed by atoms with van der Waals surface area (Å²) in [6.45, 7) is 7.45. The Balaban J connectivity index is 2.52. The van der Waals surface area contributed by atoms with Crippen molar-refractivity contribution in [3.05, 3.63) is 29.8 Å². The van der Waals surface area contributed by atoms with Gasteiger partial charge in [-0.15, -0.1) is 0 Å². The lowest BCUT2D eigenvalue weighted by molar-refractivity contribution is -0.149. The van der Waals surface area contributed by atoms with Gasteiger partial charge in [-0.25, -0.2) is 9.59 Å². The highest BCUT2D eigenvalue weighted by Gasteiger charge is 2.18. The molecule has 0 fully saturated rings. The average molecular weight is 455 g/mol. The third kappa shape index (κ3) is 11.9. The number of carbonyl (C=O) groups excluding carboxylic acids is 1. The molecule has 9 heteroatoms. The molecule has 2 amide bonds. The molecule has 9 nitrogen and oxygen atoms in total. The molecule has 0 saturated heterocycles. The third-order valence-electron chi connectivity index (χ3n) is 4.64. The molecule has 0 bridgehead atoms. The van der Waals surface area contributed by atoms with Crippen LogP contribution in [-0.2, 0) is 25.4 Å². The van der Waals surface area contributed by atoms with E-state index in [1.165, 1.54) is 0 Å². The highest BCUT2D eigenvalue weighted by atomic mass is 16.5. The number of methoxy groups -OCH3 is 1. The molecule has 1 aromatic carbocycles. The monoisotopic (exact) mass is 454 g/mol. The van der Waals surface area contributed by atoms with Gasteiger partial charge >= 0.3 is 12.0 Å². The van der Waals surface area contributed by atoms with Crippen LogP contribution in [0.3, 0.4) is 0 Å². The van der Waals surface area contributed by atoms with E-state index in [-0.39, 0.29) is 12.5 Å². The fourth-order valence-electron chi connectivity index (χ4n) is 2.84. The van der Waals surface area contributed by atoms with E-state index in [1.807, 2.05) is 12.1 Å². The SMILES string of the molecule is CCCCOCCN(CCOc1ccc(CC(OCC)C(=O)O)cc1)C(=O)NCCOC. The Morgan fingerprint density at radius 2 is 1.78 bits per heavy atom. The number of benzene rings is 1. The van der Waals surface area contributed by atoms with Crippen LogP contribution in [0.1, 0.15) is 32.3 Å². The van der Waals surface area contributed by atoms with Crippen LogP contribution in [0.5, 0.6) is 5.75 Å². The molecule has 0 radical (unpaired) electrons. The normalized spacial score (nSPS) is 11.7. The van der Waals surface area contributed by atoms with E-state index in [0.717, 1.165) is 18.4 Å². The molecular formula is C23H38N2O7. The first-order valence-corrected chi connectivity index (χ1v) is 11.2. The van der Waals surface area contributed by atoms with Crippen LogP contribution in [0, 0.1) is 0 Å². The maximum Gasteiger partial charge on any atom is 0.333 e. The summed E-state index contributed by atoms with van der Waals surface area (Å²) in [6.07, 6.45) is 1.49. The lowest BCUT2D eigenvalue weighted by Crippen LogP contribution is -2.44. The number of carboxylic acid groups (broad SMARTS) is 1. The summed E-state index contributed by atoms with van der Waals surface area (Å²) >= 11 is 0. The summed E-state index contributed by atoms with van der Waals surface area (Å²) in [5, 5.41) is 12.0. The number of urea groups is 1. The molecule has 182 valence electrons. The number of nitrogens with zero attached hydrogens (tertiary/aromatic N) is 1. The molecule has 0 heterocycles. The van der Waals surface area contributed by atoms with Crippen molar-refractivity contribution in [1.82, 2.24) is 10.2 Å². The number of hydrogen-bond donors (Lipinski definition) is 2. The van der Waals surface area contributed by atoms with Gasteiger partial charge in [0, 0.05) is 39.8 Å². The Hall–Kier alpha value is -2.36. The van der Waals surface area contributed by atoms with Crippen molar-refractivity contribution in [2.24, 2.45) is 0 Å². The van der Waals surface area contributed by atoms with Gasteiger partial charge < -0.3 is 34.3 Å². The van der Waals surface area contributed by atoms with Crippen LogP contribution in [0.25, 0.3) is 0 Å². The molecule has 1 atom stereocenters. The van der Waals surface area contributed by atoms with Gasteiger partial charge in [0.1, 0.15) is 12.4 Å². The summed E-state index contributed by atoms with van der Waals surface area (Å²) in [6, 6.07) is 7.03. The lowest BCUT2D eigenvalue weighted by atomic mass is 10.1. The minimum atomic E-state index is -0.977. The number of carboxylic acids is 1. The Morgan fingerprint density at radius 3 is 2.41 bits per heavy atom. The minimum Gasteiger partial charge on any atom is -0.492 e. The largest absolute Gasteiger partial charge is 0.492 e. The number of ether oxygens (including phenoxy) is 4. The molecule has 0 aliphatic heterocycles. The second kappa shape index (κ2) is 17.2. The molecule has 32 heavy (non-hydrogen) atoms. The molecule has 1 rings (SSSR count). The van der Waals surface area contributed by atoms with E-state index in [0.29, 0.717) is 58.4 Å². The second-order valence-electron chi connectivity index (χ2n) is 7.16. The number of nitrogens with one attached hydrogen (secondary N) is 1. The molecule has 2 N–H and O–H groups in total. The average Bonchev–Trinajstić information content (AvgIpc) is 2.78.